The Bertz CT molecular complexity index is 729. The standard InChI is InChI=1S/C17H24Cl2N2O3S2/c1-2-26(23,24)21-8-3-4-13(11-21)17(22)20-7-9-25-12-14-5-6-15(18)10-16(14)19/h5-6,10,13H,2-4,7-9,11-12H2,1H3,(H,20,22)/t13-/m0/s1. The van der Waals surface area contributed by atoms with Crippen molar-refractivity contribution in [3.8, 4) is 0 Å². The minimum Gasteiger partial charge on any atom is -0.355 e. The third-order valence-corrected chi connectivity index (χ3v) is 7.77. The van der Waals surface area contributed by atoms with Gasteiger partial charge in [-0.25, -0.2) is 12.7 Å². The van der Waals surface area contributed by atoms with Crippen molar-refractivity contribution >= 4 is 50.9 Å². The molecule has 2 rings (SSSR count). The van der Waals surface area contributed by atoms with Crippen molar-refractivity contribution in [2.24, 2.45) is 5.92 Å². The first-order valence-corrected chi connectivity index (χ1v) is 12.1. The molecule has 1 atom stereocenters. The van der Waals surface area contributed by atoms with Crippen LogP contribution < -0.4 is 5.32 Å². The summed E-state index contributed by atoms with van der Waals surface area (Å²) in [6.07, 6.45) is 1.45. The molecule has 26 heavy (non-hydrogen) atoms. The molecule has 9 heteroatoms. The van der Waals surface area contributed by atoms with E-state index in [1.54, 1.807) is 24.8 Å². The minimum atomic E-state index is -3.23. The zero-order valence-corrected chi connectivity index (χ0v) is 17.9. The summed E-state index contributed by atoms with van der Waals surface area (Å²) in [5.41, 5.74) is 1.01. The summed E-state index contributed by atoms with van der Waals surface area (Å²) < 4.78 is 25.4. The second-order valence-corrected chi connectivity index (χ2v) is 10.4. The van der Waals surface area contributed by atoms with Gasteiger partial charge < -0.3 is 5.32 Å². The topological polar surface area (TPSA) is 66.5 Å². The summed E-state index contributed by atoms with van der Waals surface area (Å²) in [7, 11) is -3.23. The molecule has 1 amide bonds. The van der Waals surface area contributed by atoms with Crippen LogP contribution in [-0.2, 0) is 20.6 Å². The van der Waals surface area contributed by atoms with Crippen molar-refractivity contribution in [3.63, 3.8) is 0 Å². The molecule has 146 valence electrons. The molecule has 0 unspecified atom stereocenters. The number of amides is 1. The minimum absolute atomic E-state index is 0.0638. The van der Waals surface area contributed by atoms with Crippen molar-refractivity contribution in [1.82, 2.24) is 9.62 Å². The molecule has 5 nitrogen and oxygen atoms in total. The SMILES string of the molecule is CCS(=O)(=O)N1CCC[C@H](C(=O)NCCSCc2ccc(Cl)cc2Cl)C1. The first kappa shape index (κ1) is 21.8. The van der Waals surface area contributed by atoms with Crippen LogP contribution in [0.1, 0.15) is 25.3 Å². The number of halogens is 2. The summed E-state index contributed by atoms with van der Waals surface area (Å²) >= 11 is 13.7. The molecule has 1 aromatic carbocycles. The predicted molar refractivity (Wildman–Crippen MR) is 109 cm³/mol. The van der Waals surface area contributed by atoms with Crippen molar-refractivity contribution in [3.05, 3.63) is 33.8 Å². The molecular formula is C17H24Cl2N2O3S2. The number of benzene rings is 1. The lowest BCUT2D eigenvalue weighted by Crippen LogP contribution is -2.46. The highest BCUT2D eigenvalue weighted by Gasteiger charge is 2.31. The van der Waals surface area contributed by atoms with E-state index >= 15 is 0 Å². The number of hydrogen-bond acceptors (Lipinski definition) is 4. The fourth-order valence-corrected chi connectivity index (χ4v) is 5.40. The third-order valence-electron chi connectivity index (χ3n) is 4.33. The number of nitrogens with one attached hydrogen (secondary N) is 1. The summed E-state index contributed by atoms with van der Waals surface area (Å²) in [5, 5.41) is 4.18. The zero-order chi connectivity index (χ0) is 19.2. The molecule has 1 aromatic rings. The number of carbonyl (C=O) groups excluding carboxylic acids is 1. The predicted octanol–water partition coefficient (Wildman–Crippen LogP) is 3.40. The maximum absolute atomic E-state index is 12.3. The van der Waals surface area contributed by atoms with Crippen molar-refractivity contribution in [2.45, 2.75) is 25.5 Å². The van der Waals surface area contributed by atoms with E-state index in [0.29, 0.717) is 23.1 Å². The van der Waals surface area contributed by atoms with Crippen molar-refractivity contribution in [2.75, 3.05) is 31.1 Å². The lowest BCUT2D eigenvalue weighted by atomic mass is 9.99. The van der Waals surface area contributed by atoms with Gasteiger partial charge in [0, 0.05) is 41.2 Å². The quantitative estimate of drug-likeness (QED) is 0.631. The molecule has 0 spiro atoms. The Balaban J connectivity index is 1.71. The zero-order valence-electron chi connectivity index (χ0n) is 14.7. The molecule has 1 saturated heterocycles. The summed E-state index contributed by atoms with van der Waals surface area (Å²) in [6, 6.07) is 5.44. The Morgan fingerprint density at radius 2 is 2.15 bits per heavy atom. The third kappa shape index (κ3) is 6.30. The maximum atomic E-state index is 12.3. The van der Waals surface area contributed by atoms with Crippen LogP contribution in [0.3, 0.4) is 0 Å². The summed E-state index contributed by atoms with van der Waals surface area (Å²) in [4.78, 5) is 12.3. The fourth-order valence-electron chi connectivity index (χ4n) is 2.80. The second-order valence-electron chi connectivity index (χ2n) is 6.18. The number of piperidine rings is 1. The highest BCUT2D eigenvalue weighted by atomic mass is 35.5. The Kier molecular flexibility index (Phi) is 8.54. The Morgan fingerprint density at radius 1 is 1.38 bits per heavy atom. The van der Waals surface area contributed by atoms with E-state index in [4.69, 9.17) is 23.2 Å². The van der Waals surface area contributed by atoms with E-state index in [0.717, 1.165) is 29.9 Å². The number of sulfonamides is 1. The van der Waals surface area contributed by atoms with Crippen LogP contribution in [0.4, 0.5) is 0 Å². The molecule has 1 N–H and O–H groups in total. The molecule has 1 aliphatic heterocycles. The van der Waals surface area contributed by atoms with Crippen molar-refractivity contribution in [1.29, 1.82) is 0 Å². The van der Waals surface area contributed by atoms with Crippen molar-refractivity contribution < 1.29 is 13.2 Å². The Hall–Kier alpha value is -0.470. The van der Waals surface area contributed by atoms with Crippen LogP contribution in [0, 0.1) is 5.92 Å². The van der Waals surface area contributed by atoms with E-state index in [1.165, 1.54) is 4.31 Å². The van der Waals surface area contributed by atoms with Gasteiger partial charge in [-0.1, -0.05) is 29.3 Å². The van der Waals surface area contributed by atoms with Gasteiger partial charge in [-0.05, 0) is 37.5 Å². The van der Waals surface area contributed by atoms with Gasteiger partial charge >= 0.3 is 0 Å². The molecule has 1 fully saturated rings. The van der Waals surface area contributed by atoms with E-state index in [2.05, 4.69) is 5.32 Å². The maximum Gasteiger partial charge on any atom is 0.224 e. The van der Waals surface area contributed by atoms with Crippen LogP contribution >= 0.6 is 35.0 Å². The van der Waals surface area contributed by atoms with Gasteiger partial charge in [-0.3, -0.25) is 4.79 Å². The number of thioether (sulfide) groups is 1. The number of rotatable bonds is 8. The fraction of sp³-hybridized carbons (Fsp3) is 0.588. The van der Waals surface area contributed by atoms with Gasteiger partial charge in [0.05, 0.1) is 11.7 Å². The van der Waals surface area contributed by atoms with Gasteiger partial charge in [0.15, 0.2) is 0 Å². The molecule has 0 aromatic heterocycles. The average Bonchev–Trinajstić information content (AvgIpc) is 2.63. The van der Waals surface area contributed by atoms with Crippen LogP contribution in [0.25, 0.3) is 0 Å². The van der Waals surface area contributed by atoms with Gasteiger partial charge in [0.25, 0.3) is 0 Å². The van der Waals surface area contributed by atoms with E-state index in [1.807, 2.05) is 12.1 Å². The molecule has 0 saturated carbocycles. The first-order chi connectivity index (χ1) is 12.3. The van der Waals surface area contributed by atoms with Crippen LogP contribution in [0.2, 0.25) is 10.0 Å². The van der Waals surface area contributed by atoms with Gasteiger partial charge in [0.1, 0.15) is 0 Å². The van der Waals surface area contributed by atoms with Crippen LogP contribution in [0.5, 0.6) is 0 Å². The Morgan fingerprint density at radius 3 is 2.85 bits per heavy atom. The number of nitrogens with zero attached hydrogens (tertiary/aromatic N) is 1. The highest BCUT2D eigenvalue weighted by Crippen LogP contribution is 2.24. The summed E-state index contributed by atoms with van der Waals surface area (Å²) in [5.74, 6) is 1.25. The smallest absolute Gasteiger partial charge is 0.224 e. The van der Waals surface area contributed by atoms with Gasteiger partial charge in [0.2, 0.25) is 15.9 Å². The average molecular weight is 439 g/mol. The lowest BCUT2D eigenvalue weighted by Gasteiger charge is -2.30. The lowest BCUT2D eigenvalue weighted by molar-refractivity contribution is -0.125. The molecule has 0 radical (unpaired) electrons. The highest BCUT2D eigenvalue weighted by molar-refractivity contribution is 7.98. The first-order valence-electron chi connectivity index (χ1n) is 8.60. The van der Waals surface area contributed by atoms with E-state index in [9.17, 15) is 13.2 Å². The van der Waals surface area contributed by atoms with E-state index < -0.39 is 10.0 Å². The normalized spacial score (nSPS) is 18.7. The van der Waals surface area contributed by atoms with Gasteiger partial charge in [-0.2, -0.15) is 11.8 Å². The molecule has 1 aliphatic rings. The molecule has 0 bridgehead atoms. The number of hydrogen-bond donors (Lipinski definition) is 1. The monoisotopic (exact) mass is 438 g/mol. The number of carbonyl (C=O) groups is 1. The largest absolute Gasteiger partial charge is 0.355 e. The van der Waals surface area contributed by atoms with E-state index in [-0.39, 0.29) is 24.1 Å². The van der Waals surface area contributed by atoms with Crippen LogP contribution in [-0.4, -0.2) is 49.8 Å². The second kappa shape index (κ2) is 10.2. The van der Waals surface area contributed by atoms with Gasteiger partial charge in [-0.15, -0.1) is 0 Å². The molecular weight excluding hydrogens is 415 g/mol. The summed E-state index contributed by atoms with van der Waals surface area (Å²) in [6.45, 7) is 2.97. The Labute approximate surface area is 169 Å². The molecule has 1 heterocycles. The molecule has 0 aliphatic carbocycles. The van der Waals surface area contributed by atoms with Crippen LogP contribution in [0.15, 0.2) is 18.2 Å².